The van der Waals surface area contributed by atoms with Crippen molar-refractivity contribution in [2.75, 3.05) is 6.61 Å². The molecule has 1 aliphatic heterocycles. The molecule has 1 aromatic heterocycles. The summed E-state index contributed by atoms with van der Waals surface area (Å²) in [6.45, 7) is 22.3. The Labute approximate surface area is 228 Å². The van der Waals surface area contributed by atoms with Crippen molar-refractivity contribution in [1.82, 2.24) is 9.55 Å². The van der Waals surface area contributed by atoms with E-state index in [4.69, 9.17) is 13.6 Å². The zero-order valence-corrected chi connectivity index (χ0v) is 26.6. The predicted molar refractivity (Wildman–Crippen MR) is 156 cm³/mol. The van der Waals surface area contributed by atoms with Crippen molar-refractivity contribution in [2.45, 2.75) is 109 Å². The van der Waals surface area contributed by atoms with Crippen LogP contribution in [-0.4, -0.2) is 50.1 Å². The third-order valence-electron chi connectivity index (χ3n) is 8.56. The lowest BCUT2D eigenvalue weighted by Gasteiger charge is -2.40. The second-order valence-electron chi connectivity index (χ2n) is 13.4. The van der Waals surface area contributed by atoms with Crippen LogP contribution >= 0.6 is 0 Å². The summed E-state index contributed by atoms with van der Waals surface area (Å²) in [5.74, 6) is 0. The van der Waals surface area contributed by atoms with Gasteiger partial charge in [0.1, 0.15) is 18.4 Å². The summed E-state index contributed by atoms with van der Waals surface area (Å²) in [6.07, 6.45) is -0.625. The van der Waals surface area contributed by atoms with E-state index in [-0.39, 0.29) is 27.8 Å². The van der Waals surface area contributed by atoms with Crippen molar-refractivity contribution in [2.24, 2.45) is 0 Å². The highest BCUT2D eigenvalue weighted by atomic mass is 28.4. The van der Waals surface area contributed by atoms with Gasteiger partial charge < -0.3 is 18.7 Å². The van der Waals surface area contributed by atoms with Crippen LogP contribution in [0.5, 0.6) is 0 Å². The number of aliphatic hydroxyl groups excluding tert-OH is 1. The third kappa shape index (κ3) is 6.66. The fourth-order valence-corrected chi connectivity index (χ4v) is 6.30. The lowest BCUT2D eigenvalue weighted by molar-refractivity contribution is -0.0414. The van der Waals surface area contributed by atoms with Crippen LogP contribution in [0.25, 0.3) is 0 Å². The molecule has 1 aliphatic rings. The summed E-state index contributed by atoms with van der Waals surface area (Å²) in [7, 11) is -4.21. The molecular formula is C28H46N2O6Si2. The second kappa shape index (κ2) is 11.0. The van der Waals surface area contributed by atoms with E-state index in [1.807, 2.05) is 6.07 Å². The number of rotatable bonds is 8. The maximum atomic E-state index is 12.9. The third-order valence-corrected chi connectivity index (χ3v) is 17.6. The van der Waals surface area contributed by atoms with Crippen molar-refractivity contribution in [3.8, 4) is 0 Å². The van der Waals surface area contributed by atoms with Crippen LogP contribution < -0.4 is 11.2 Å². The molecule has 0 spiro atoms. The van der Waals surface area contributed by atoms with Crippen molar-refractivity contribution in [3.63, 3.8) is 0 Å². The van der Waals surface area contributed by atoms with Gasteiger partial charge in [-0.2, -0.15) is 0 Å². The molecule has 10 heteroatoms. The van der Waals surface area contributed by atoms with E-state index in [2.05, 4.69) is 72.7 Å². The molecule has 2 heterocycles. The van der Waals surface area contributed by atoms with Crippen LogP contribution in [0.15, 0.2) is 46.1 Å². The van der Waals surface area contributed by atoms with E-state index in [1.165, 1.54) is 10.8 Å². The van der Waals surface area contributed by atoms with Gasteiger partial charge in [0, 0.05) is 12.6 Å². The Morgan fingerprint density at radius 2 is 1.61 bits per heavy atom. The van der Waals surface area contributed by atoms with Crippen LogP contribution in [0, 0.1) is 0 Å². The van der Waals surface area contributed by atoms with Gasteiger partial charge in [0.15, 0.2) is 16.6 Å². The zero-order valence-electron chi connectivity index (χ0n) is 24.6. The van der Waals surface area contributed by atoms with E-state index < -0.39 is 40.2 Å². The summed E-state index contributed by atoms with van der Waals surface area (Å²) in [6, 6.07) is 8.89. The summed E-state index contributed by atoms with van der Waals surface area (Å²) < 4.78 is 21.1. The lowest BCUT2D eigenvalue weighted by atomic mass is 10.0. The van der Waals surface area contributed by atoms with Crippen LogP contribution in [0.1, 0.15) is 71.4 Å². The Morgan fingerprint density at radius 3 is 2.16 bits per heavy atom. The van der Waals surface area contributed by atoms with Gasteiger partial charge in [-0.25, -0.2) is 4.79 Å². The molecular weight excluding hydrogens is 516 g/mol. The van der Waals surface area contributed by atoms with Crippen molar-refractivity contribution in [3.05, 3.63) is 68.5 Å². The first-order chi connectivity index (χ1) is 17.3. The minimum atomic E-state index is -2.16. The van der Waals surface area contributed by atoms with Gasteiger partial charge >= 0.3 is 5.69 Å². The summed E-state index contributed by atoms with van der Waals surface area (Å²) in [5.41, 5.74) is -0.550. The molecule has 3 rings (SSSR count). The Hall–Kier alpha value is -1.83. The average Bonchev–Trinajstić information content (AvgIpc) is 3.18. The van der Waals surface area contributed by atoms with Gasteiger partial charge in [-0.15, -0.1) is 0 Å². The largest absolute Gasteiger partial charge is 0.414 e. The molecule has 38 heavy (non-hydrogen) atoms. The number of nitrogens with one attached hydrogen (secondary N) is 1. The Morgan fingerprint density at radius 1 is 1.03 bits per heavy atom. The molecule has 0 amide bonds. The van der Waals surface area contributed by atoms with Gasteiger partial charge in [-0.05, 0) is 41.8 Å². The highest BCUT2D eigenvalue weighted by Gasteiger charge is 2.46. The van der Waals surface area contributed by atoms with Gasteiger partial charge in [0.05, 0.1) is 18.3 Å². The Kier molecular flexibility index (Phi) is 8.87. The minimum Gasteiger partial charge on any atom is -0.414 e. The number of aromatic nitrogens is 2. The molecule has 0 saturated carbocycles. The molecule has 212 valence electrons. The molecule has 1 aromatic carbocycles. The SMILES string of the molecule is CC(C)(C)[Si](C)(C)OC[C@H]1O[C@@H](n2cc([C@@H](O)c3ccccc3)c(=O)[nH]c2=O)C[C@@H]1O[Si](C)(C)C(C)(C)C. The van der Waals surface area contributed by atoms with E-state index in [9.17, 15) is 14.7 Å². The maximum absolute atomic E-state index is 12.9. The first kappa shape index (κ1) is 30.7. The van der Waals surface area contributed by atoms with Crippen molar-refractivity contribution in [1.29, 1.82) is 0 Å². The molecule has 0 unspecified atom stereocenters. The van der Waals surface area contributed by atoms with Crippen LogP contribution in [0.3, 0.4) is 0 Å². The van der Waals surface area contributed by atoms with E-state index in [0.29, 0.717) is 18.6 Å². The number of ether oxygens (including phenoxy) is 1. The Balaban J connectivity index is 1.95. The standard InChI is InChI=1S/C28H46N2O6Si2/c1-27(2,3)37(7,8)34-18-22-21(36-38(9,10)28(4,5)6)16-23(35-22)30-17-20(25(32)29-26(30)33)24(31)19-14-12-11-13-15-19/h11-15,17,21-24,31H,16,18H2,1-10H3,(H,29,32,33)/t21-,22+,23+,24-/m0/s1. The summed E-state index contributed by atoms with van der Waals surface area (Å²) in [4.78, 5) is 28.0. The second-order valence-corrected chi connectivity index (χ2v) is 23.0. The monoisotopic (exact) mass is 562 g/mol. The fraction of sp³-hybridized carbons (Fsp3) is 0.643. The van der Waals surface area contributed by atoms with Crippen molar-refractivity contribution < 1.29 is 18.7 Å². The number of aliphatic hydroxyl groups is 1. The highest BCUT2D eigenvalue weighted by Crippen LogP contribution is 2.42. The number of hydrogen-bond acceptors (Lipinski definition) is 6. The maximum Gasteiger partial charge on any atom is 0.330 e. The number of H-pyrrole nitrogens is 1. The van der Waals surface area contributed by atoms with E-state index in [1.54, 1.807) is 24.3 Å². The smallest absolute Gasteiger partial charge is 0.330 e. The minimum absolute atomic E-state index is 0.00227. The molecule has 1 saturated heterocycles. The summed E-state index contributed by atoms with van der Waals surface area (Å²) in [5, 5.41) is 11.0. The lowest BCUT2D eigenvalue weighted by Crippen LogP contribution is -2.48. The Bertz CT molecular complexity index is 1210. The fourth-order valence-electron chi connectivity index (χ4n) is 3.93. The van der Waals surface area contributed by atoms with Gasteiger partial charge in [-0.3, -0.25) is 14.3 Å². The molecule has 2 N–H and O–H groups in total. The molecule has 8 nitrogen and oxygen atoms in total. The summed E-state index contributed by atoms with van der Waals surface area (Å²) >= 11 is 0. The first-order valence-electron chi connectivity index (χ1n) is 13.4. The molecule has 2 aromatic rings. The molecule has 0 aliphatic carbocycles. The predicted octanol–water partition coefficient (Wildman–Crippen LogP) is 5.32. The van der Waals surface area contributed by atoms with E-state index >= 15 is 0 Å². The van der Waals surface area contributed by atoms with E-state index in [0.717, 1.165) is 0 Å². The number of nitrogens with zero attached hydrogens (tertiary/aromatic N) is 1. The topological polar surface area (TPSA) is 103 Å². The number of benzene rings is 1. The van der Waals surface area contributed by atoms with Crippen molar-refractivity contribution >= 4 is 16.6 Å². The quantitative estimate of drug-likeness (QED) is 0.422. The van der Waals surface area contributed by atoms with Gasteiger partial charge in [0.2, 0.25) is 0 Å². The first-order valence-corrected chi connectivity index (χ1v) is 19.2. The average molecular weight is 563 g/mol. The highest BCUT2D eigenvalue weighted by molar-refractivity contribution is 6.74. The van der Waals surface area contributed by atoms with Gasteiger partial charge in [0.25, 0.3) is 5.56 Å². The molecule has 0 bridgehead atoms. The van der Waals surface area contributed by atoms with Gasteiger partial charge in [-0.1, -0.05) is 71.9 Å². The zero-order chi connectivity index (χ0) is 28.7. The number of hydrogen-bond donors (Lipinski definition) is 2. The number of aromatic amines is 1. The normalized spacial score (nSPS) is 22.0. The molecule has 4 atom stereocenters. The molecule has 1 fully saturated rings. The van der Waals surface area contributed by atoms with Crippen LogP contribution in [0.2, 0.25) is 36.3 Å². The van der Waals surface area contributed by atoms with Crippen LogP contribution in [0.4, 0.5) is 0 Å². The molecule has 0 radical (unpaired) electrons. The van der Waals surface area contributed by atoms with Crippen LogP contribution in [-0.2, 0) is 13.6 Å².